The first-order valence-corrected chi connectivity index (χ1v) is 8.16. The van der Waals surface area contributed by atoms with Gasteiger partial charge in [0.15, 0.2) is 11.5 Å². The number of amides is 1. The van der Waals surface area contributed by atoms with Gasteiger partial charge in [0.05, 0.1) is 24.9 Å². The molecule has 1 amide bonds. The molecule has 0 spiro atoms. The number of hydrogen-bond acceptors (Lipinski definition) is 7. The molecule has 0 aliphatic heterocycles. The van der Waals surface area contributed by atoms with Gasteiger partial charge in [-0.25, -0.2) is 10.2 Å². The summed E-state index contributed by atoms with van der Waals surface area (Å²) in [5.74, 6) is -1.95. The highest BCUT2D eigenvalue weighted by molar-refractivity contribution is 6.40. The average Bonchev–Trinajstić information content (AvgIpc) is 2.71. The minimum absolute atomic E-state index is 0.0393. The van der Waals surface area contributed by atoms with Crippen LogP contribution in [-0.4, -0.2) is 35.4 Å². The topological polar surface area (TPSA) is 128 Å². The Balaban J connectivity index is 2.10. The van der Waals surface area contributed by atoms with Gasteiger partial charge in [0.1, 0.15) is 0 Å². The molecular formula is C19H17N3O6. The third-order valence-corrected chi connectivity index (χ3v) is 3.65. The summed E-state index contributed by atoms with van der Waals surface area (Å²) >= 11 is 0. The molecular weight excluding hydrogens is 366 g/mol. The van der Waals surface area contributed by atoms with Crippen molar-refractivity contribution >= 4 is 29.1 Å². The standard InChI is InChI=1S/C19H17N3O6/c1-28-19(25)16(20-21-18(24)10-13-6-3-2-4-7-13)12-17(23)14-8-5-9-15(11-14)22(26)27/h2-9,11H,10,12H2,1H3,(H,21,24). The van der Waals surface area contributed by atoms with E-state index < -0.39 is 29.0 Å². The highest BCUT2D eigenvalue weighted by Gasteiger charge is 2.20. The van der Waals surface area contributed by atoms with Crippen molar-refractivity contribution in [2.75, 3.05) is 7.11 Å². The monoisotopic (exact) mass is 383 g/mol. The van der Waals surface area contributed by atoms with Crippen molar-refractivity contribution in [2.45, 2.75) is 12.8 Å². The fourth-order valence-electron chi connectivity index (χ4n) is 2.27. The number of Topliss-reactive ketones (excluding diaryl/α,β-unsaturated/α-hetero) is 1. The smallest absolute Gasteiger partial charge is 0.354 e. The fourth-order valence-corrected chi connectivity index (χ4v) is 2.27. The molecule has 0 radical (unpaired) electrons. The number of methoxy groups -OCH3 is 1. The number of hydrazone groups is 1. The third kappa shape index (κ3) is 5.84. The molecule has 2 aromatic carbocycles. The number of non-ortho nitro benzene ring substituents is 1. The van der Waals surface area contributed by atoms with Crippen LogP contribution in [0.2, 0.25) is 0 Å². The zero-order valence-corrected chi connectivity index (χ0v) is 15.0. The van der Waals surface area contributed by atoms with E-state index in [1.165, 1.54) is 18.2 Å². The first-order chi connectivity index (χ1) is 13.4. The molecule has 0 aliphatic carbocycles. The van der Waals surface area contributed by atoms with E-state index in [-0.39, 0.29) is 23.4 Å². The molecule has 0 bridgehead atoms. The molecule has 0 heterocycles. The van der Waals surface area contributed by atoms with Crippen LogP contribution in [0.4, 0.5) is 5.69 Å². The van der Waals surface area contributed by atoms with Gasteiger partial charge >= 0.3 is 5.97 Å². The molecule has 0 aromatic heterocycles. The molecule has 0 atom stereocenters. The number of hydrogen-bond donors (Lipinski definition) is 1. The lowest BCUT2D eigenvalue weighted by Crippen LogP contribution is -2.27. The zero-order valence-electron chi connectivity index (χ0n) is 15.0. The second-order valence-corrected chi connectivity index (χ2v) is 5.65. The van der Waals surface area contributed by atoms with Gasteiger partial charge in [-0.2, -0.15) is 5.10 Å². The molecule has 28 heavy (non-hydrogen) atoms. The molecule has 0 fully saturated rings. The van der Waals surface area contributed by atoms with E-state index in [0.29, 0.717) is 0 Å². The number of ether oxygens (including phenoxy) is 1. The van der Waals surface area contributed by atoms with Crippen molar-refractivity contribution in [3.63, 3.8) is 0 Å². The number of nitro benzene ring substituents is 1. The number of nitro groups is 1. The SMILES string of the molecule is COC(=O)C(CC(=O)c1cccc([N+](=O)[O-])c1)=NNC(=O)Cc1ccccc1. The van der Waals surface area contributed by atoms with Gasteiger partial charge in [-0.1, -0.05) is 42.5 Å². The molecule has 9 heteroatoms. The average molecular weight is 383 g/mol. The molecule has 144 valence electrons. The van der Waals surface area contributed by atoms with Crippen LogP contribution in [0, 0.1) is 10.1 Å². The van der Waals surface area contributed by atoms with Crippen molar-refractivity contribution in [3.05, 3.63) is 75.8 Å². The normalized spacial score (nSPS) is 10.8. The van der Waals surface area contributed by atoms with Gasteiger partial charge in [0.2, 0.25) is 5.91 Å². The number of benzene rings is 2. The van der Waals surface area contributed by atoms with Gasteiger partial charge < -0.3 is 4.74 Å². The van der Waals surface area contributed by atoms with Crippen LogP contribution >= 0.6 is 0 Å². The van der Waals surface area contributed by atoms with Crippen LogP contribution in [0.5, 0.6) is 0 Å². The van der Waals surface area contributed by atoms with Crippen LogP contribution in [0.15, 0.2) is 59.7 Å². The zero-order chi connectivity index (χ0) is 20.5. The van der Waals surface area contributed by atoms with Crippen LogP contribution < -0.4 is 5.43 Å². The van der Waals surface area contributed by atoms with E-state index in [1.54, 1.807) is 24.3 Å². The molecule has 2 rings (SSSR count). The molecule has 9 nitrogen and oxygen atoms in total. The number of rotatable bonds is 8. The molecule has 0 saturated carbocycles. The Bertz CT molecular complexity index is 924. The molecule has 0 aliphatic rings. The largest absolute Gasteiger partial charge is 0.464 e. The van der Waals surface area contributed by atoms with Crippen LogP contribution in [0.3, 0.4) is 0 Å². The Morgan fingerprint density at radius 2 is 1.82 bits per heavy atom. The maximum absolute atomic E-state index is 12.4. The highest BCUT2D eigenvalue weighted by atomic mass is 16.6. The van der Waals surface area contributed by atoms with Gasteiger partial charge in [0.25, 0.3) is 5.69 Å². The Hall–Kier alpha value is -3.88. The van der Waals surface area contributed by atoms with Gasteiger partial charge in [-0.05, 0) is 5.56 Å². The van der Waals surface area contributed by atoms with E-state index >= 15 is 0 Å². The van der Waals surface area contributed by atoms with Crippen LogP contribution in [-0.2, 0) is 20.7 Å². The predicted molar refractivity (Wildman–Crippen MR) is 99.8 cm³/mol. The van der Waals surface area contributed by atoms with Crippen molar-refractivity contribution in [1.82, 2.24) is 5.43 Å². The lowest BCUT2D eigenvalue weighted by atomic mass is 10.1. The Kier molecular flexibility index (Phi) is 7.09. The fraction of sp³-hybridized carbons (Fsp3) is 0.158. The van der Waals surface area contributed by atoms with Crippen molar-refractivity contribution in [2.24, 2.45) is 5.10 Å². The summed E-state index contributed by atoms with van der Waals surface area (Å²) in [5, 5.41) is 14.5. The van der Waals surface area contributed by atoms with E-state index in [1.807, 2.05) is 6.07 Å². The minimum atomic E-state index is -0.890. The predicted octanol–water partition coefficient (Wildman–Crippen LogP) is 2.06. The van der Waals surface area contributed by atoms with E-state index in [9.17, 15) is 24.5 Å². The van der Waals surface area contributed by atoms with Crippen LogP contribution in [0.25, 0.3) is 0 Å². The number of carbonyl (C=O) groups excluding carboxylic acids is 3. The van der Waals surface area contributed by atoms with Crippen molar-refractivity contribution < 1.29 is 24.0 Å². The lowest BCUT2D eigenvalue weighted by Gasteiger charge is -2.06. The summed E-state index contributed by atoms with van der Waals surface area (Å²) in [6, 6.07) is 14.0. The summed E-state index contributed by atoms with van der Waals surface area (Å²) in [7, 11) is 1.11. The van der Waals surface area contributed by atoms with Crippen molar-refractivity contribution in [1.29, 1.82) is 0 Å². The summed E-state index contributed by atoms with van der Waals surface area (Å²) in [6.45, 7) is 0. The number of nitrogens with one attached hydrogen (secondary N) is 1. The Morgan fingerprint density at radius 1 is 1.11 bits per heavy atom. The summed E-state index contributed by atoms with van der Waals surface area (Å²) in [4.78, 5) is 46.4. The number of ketones is 1. The van der Waals surface area contributed by atoms with Gasteiger partial charge in [-0.3, -0.25) is 19.7 Å². The maximum atomic E-state index is 12.4. The van der Waals surface area contributed by atoms with Gasteiger partial charge in [0, 0.05) is 17.7 Å². The first kappa shape index (κ1) is 20.4. The number of esters is 1. The number of carbonyl (C=O) groups is 3. The highest BCUT2D eigenvalue weighted by Crippen LogP contribution is 2.15. The van der Waals surface area contributed by atoms with Gasteiger partial charge in [-0.15, -0.1) is 0 Å². The third-order valence-electron chi connectivity index (χ3n) is 3.65. The summed E-state index contributed by atoms with van der Waals surface area (Å²) < 4.78 is 4.58. The van der Waals surface area contributed by atoms with E-state index in [2.05, 4.69) is 15.3 Å². The lowest BCUT2D eigenvalue weighted by molar-refractivity contribution is -0.384. The van der Waals surface area contributed by atoms with Crippen LogP contribution in [0.1, 0.15) is 22.3 Å². The number of nitrogens with zero attached hydrogens (tertiary/aromatic N) is 2. The Labute approximate surface area is 160 Å². The van der Waals surface area contributed by atoms with E-state index in [4.69, 9.17) is 0 Å². The summed E-state index contributed by atoms with van der Waals surface area (Å²) in [6.07, 6.45) is -0.447. The molecule has 0 unspecified atom stereocenters. The van der Waals surface area contributed by atoms with E-state index in [0.717, 1.165) is 18.7 Å². The molecule has 0 saturated heterocycles. The maximum Gasteiger partial charge on any atom is 0.354 e. The second-order valence-electron chi connectivity index (χ2n) is 5.65. The first-order valence-electron chi connectivity index (χ1n) is 8.16. The second kappa shape index (κ2) is 9.72. The quantitative estimate of drug-likeness (QED) is 0.244. The summed E-state index contributed by atoms with van der Waals surface area (Å²) in [5.41, 5.74) is 2.45. The molecule has 2 aromatic rings. The molecule has 1 N–H and O–H groups in total. The minimum Gasteiger partial charge on any atom is -0.464 e. The van der Waals surface area contributed by atoms with Crippen molar-refractivity contribution in [3.8, 4) is 0 Å². The Morgan fingerprint density at radius 3 is 2.46 bits per heavy atom.